The number of Topliss-reactive ketones (excluding diaryl/α,β-unsaturated/α-hetero) is 1. The molecule has 1 unspecified atom stereocenters. The molecular weight excluding hydrogens is 208 g/mol. The number of unbranched alkanes of at least 4 members (excludes halogenated alkanes) is 2. The van der Waals surface area contributed by atoms with E-state index in [9.17, 15) is 4.79 Å². The Morgan fingerprint density at radius 2 is 1.82 bits per heavy atom. The minimum Gasteiger partial charge on any atom is -0.294 e. The van der Waals surface area contributed by atoms with Crippen molar-refractivity contribution in [2.75, 3.05) is 0 Å². The Morgan fingerprint density at radius 1 is 1.18 bits per heavy atom. The normalized spacial score (nSPS) is 19.8. The molecule has 0 bridgehead atoms. The Kier molecular flexibility index (Phi) is 5.67. The van der Waals surface area contributed by atoms with Gasteiger partial charge in [-0.15, -0.1) is 0 Å². The minimum absolute atomic E-state index is 0.200. The maximum Gasteiger partial charge on any atom is 0.169 e. The molecule has 0 spiro atoms. The molecule has 17 heavy (non-hydrogen) atoms. The van der Waals surface area contributed by atoms with Gasteiger partial charge in [0.25, 0.3) is 0 Å². The van der Waals surface area contributed by atoms with Crippen LogP contribution in [0.3, 0.4) is 0 Å². The Hall–Kier alpha value is -0.850. The number of allylic oxidation sites excluding steroid dienone is 4. The highest BCUT2D eigenvalue weighted by Crippen LogP contribution is 2.34. The van der Waals surface area contributed by atoms with E-state index in [1.165, 1.54) is 30.4 Å². The highest BCUT2D eigenvalue weighted by atomic mass is 16.1. The van der Waals surface area contributed by atoms with Gasteiger partial charge in [-0.05, 0) is 33.1 Å². The average Bonchev–Trinajstić information content (AvgIpc) is 2.61. The van der Waals surface area contributed by atoms with Gasteiger partial charge in [-0.1, -0.05) is 50.3 Å². The van der Waals surface area contributed by atoms with Gasteiger partial charge in [-0.2, -0.15) is 0 Å². The molecule has 1 aliphatic carbocycles. The van der Waals surface area contributed by atoms with Crippen molar-refractivity contribution in [3.8, 4) is 0 Å². The summed E-state index contributed by atoms with van der Waals surface area (Å²) in [7, 11) is 0. The van der Waals surface area contributed by atoms with Crippen LogP contribution in [0.2, 0.25) is 0 Å². The Balaban J connectivity index is 2.83. The molecule has 0 radical (unpaired) electrons. The van der Waals surface area contributed by atoms with E-state index in [1.807, 2.05) is 13.8 Å². The first-order chi connectivity index (χ1) is 8.11. The number of hydrogen-bond acceptors (Lipinski definition) is 1. The monoisotopic (exact) mass is 234 g/mol. The zero-order chi connectivity index (χ0) is 12.8. The second-order valence-electron chi connectivity index (χ2n) is 5.30. The van der Waals surface area contributed by atoms with Gasteiger partial charge in [0.15, 0.2) is 5.78 Å². The molecule has 0 heterocycles. The number of carbonyl (C=O) groups excluding carboxylic acids is 1. The van der Waals surface area contributed by atoms with Crippen molar-refractivity contribution in [2.24, 2.45) is 5.92 Å². The maximum absolute atomic E-state index is 12.3. The van der Waals surface area contributed by atoms with Crippen molar-refractivity contribution < 1.29 is 4.79 Å². The molecule has 0 saturated carbocycles. The van der Waals surface area contributed by atoms with E-state index < -0.39 is 0 Å². The van der Waals surface area contributed by atoms with E-state index in [0.29, 0.717) is 5.78 Å². The van der Waals surface area contributed by atoms with Crippen molar-refractivity contribution in [3.63, 3.8) is 0 Å². The fourth-order valence-electron chi connectivity index (χ4n) is 2.46. The molecule has 1 nitrogen and oxygen atoms in total. The number of carbonyl (C=O) groups is 1. The summed E-state index contributed by atoms with van der Waals surface area (Å²) in [6, 6.07) is 0. The molecule has 1 heteroatoms. The van der Waals surface area contributed by atoms with Gasteiger partial charge in [0, 0.05) is 11.5 Å². The van der Waals surface area contributed by atoms with E-state index in [2.05, 4.69) is 19.9 Å². The van der Waals surface area contributed by atoms with E-state index in [-0.39, 0.29) is 5.92 Å². The fraction of sp³-hybridized carbons (Fsp3) is 0.688. The molecular formula is C16H26O. The zero-order valence-corrected chi connectivity index (χ0v) is 11.8. The fourth-order valence-corrected chi connectivity index (χ4v) is 2.46. The third-order valence-electron chi connectivity index (χ3n) is 3.56. The number of hydrogen-bond donors (Lipinski definition) is 0. The second-order valence-corrected chi connectivity index (χ2v) is 5.30. The van der Waals surface area contributed by atoms with Crippen molar-refractivity contribution in [3.05, 3.63) is 22.8 Å². The van der Waals surface area contributed by atoms with Crippen LogP contribution >= 0.6 is 0 Å². The van der Waals surface area contributed by atoms with Gasteiger partial charge < -0.3 is 0 Å². The third-order valence-corrected chi connectivity index (χ3v) is 3.56. The lowest BCUT2D eigenvalue weighted by molar-refractivity contribution is -0.117. The number of rotatable bonds is 6. The largest absolute Gasteiger partial charge is 0.294 e. The van der Waals surface area contributed by atoms with E-state index in [4.69, 9.17) is 0 Å². The van der Waals surface area contributed by atoms with Crippen LogP contribution in [0, 0.1) is 5.92 Å². The quantitative estimate of drug-likeness (QED) is 0.602. The summed E-state index contributed by atoms with van der Waals surface area (Å²) in [5.41, 5.74) is 3.54. The highest BCUT2D eigenvalue weighted by Gasteiger charge is 2.30. The topological polar surface area (TPSA) is 17.1 Å². The summed E-state index contributed by atoms with van der Waals surface area (Å²) < 4.78 is 0. The van der Waals surface area contributed by atoms with Crippen LogP contribution < -0.4 is 0 Å². The molecule has 0 aromatic heterocycles. The zero-order valence-electron chi connectivity index (χ0n) is 11.8. The molecule has 0 saturated heterocycles. The summed E-state index contributed by atoms with van der Waals surface area (Å²) >= 11 is 0. The van der Waals surface area contributed by atoms with Gasteiger partial charge >= 0.3 is 0 Å². The molecule has 1 rings (SSSR count). The molecule has 0 aliphatic heterocycles. The molecule has 0 N–H and O–H groups in total. The van der Waals surface area contributed by atoms with Crippen molar-refractivity contribution >= 4 is 5.78 Å². The standard InChI is InChI=1S/C16H26O/c1-5-7-9-13-11-15(12(3)4)16(17)14(13)10-8-6-2/h11,14H,5-10H2,1-4H3. The van der Waals surface area contributed by atoms with E-state index in [1.54, 1.807) is 0 Å². The molecule has 96 valence electrons. The first-order valence-corrected chi connectivity index (χ1v) is 7.03. The van der Waals surface area contributed by atoms with Crippen LogP contribution in [0.1, 0.15) is 66.2 Å². The van der Waals surface area contributed by atoms with Gasteiger partial charge in [-0.25, -0.2) is 0 Å². The average molecular weight is 234 g/mol. The first-order valence-electron chi connectivity index (χ1n) is 7.03. The SMILES string of the molecule is CCCCC1=CC(=C(C)C)C(=O)C1CCCC. The van der Waals surface area contributed by atoms with Crippen LogP contribution in [0.25, 0.3) is 0 Å². The molecule has 0 amide bonds. The Morgan fingerprint density at radius 3 is 2.35 bits per heavy atom. The van der Waals surface area contributed by atoms with Crippen LogP contribution in [0.5, 0.6) is 0 Å². The summed E-state index contributed by atoms with van der Waals surface area (Å²) in [6.07, 6.45) is 9.07. The lowest BCUT2D eigenvalue weighted by atomic mass is 9.90. The smallest absolute Gasteiger partial charge is 0.169 e. The maximum atomic E-state index is 12.3. The third kappa shape index (κ3) is 3.55. The van der Waals surface area contributed by atoms with Crippen LogP contribution in [0.4, 0.5) is 0 Å². The van der Waals surface area contributed by atoms with Crippen LogP contribution in [0.15, 0.2) is 22.8 Å². The van der Waals surface area contributed by atoms with Crippen molar-refractivity contribution in [2.45, 2.75) is 66.2 Å². The lowest BCUT2D eigenvalue weighted by Crippen LogP contribution is -2.12. The summed E-state index contributed by atoms with van der Waals surface area (Å²) in [4.78, 5) is 12.3. The van der Waals surface area contributed by atoms with Crippen molar-refractivity contribution in [1.29, 1.82) is 0 Å². The van der Waals surface area contributed by atoms with Gasteiger partial charge in [0.05, 0.1) is 0 Å². The summed E-state index contributed by atoms with van der Waals surface area (Å²) in [6.45, 7) is 8.49. The Bertz CT molecular complexity index is 329. The molecule has 0 fully saturated rings. The summed E-state index contributed by atoms with van der Waals surface area (Å²) in [5.74, 6) is 0.580. The summed E-state index contributed by atoms with van der Waals surface area (Å²) in [5, 5.41) is 0. The first kappa shape index (κ1) is 14.2. The lowest BCUT2D eigenvalue weighted by Gasteiger charge is -2.12. The van der Waals surface area contributed by atoms with Gasteiger partial charge in [0.2, 0.25) is 0 Å². The molecule has 0 aromatic carbocycles. The Labute approximate surface area is 106 Å². The van der Waals surface area contributed by atoms with Crippen molar-refractivity contribution in [1.82, 2.24) is 0 Å². The highest BCUT2D eigenvalue weighted by molar-refractivity contribution is 6.05. The predicted molar refractivity (Wildman–Crippen MR) is 74.0 cm³/mol. The van der Waals surface area contributed by atoms with E-state index in [0.717, 1.165) is 24.8 Å². The molecule has 0 aromatic rings. The molecule has 1 atom stereocenters. The second kappa shape index (κ2) is 6.78. The minimum atomic E-state index is 0.200. The van der Waals surface area contributed by atoms with Crippen LogP contribution in [-0.2, 0) is 4.79 Å². The predicted octanol–water partition coefficient (Wildman–Crippen LogP) is 4.83. The van der Waals surface area contributed by atoms with Gasteiger partial charge in [-0.3, -0.25) is 4.79 Å². The van der Waals surface area contributed by atoms with Gasteiger partial charge in [0.1, 0.15) is 0 Å². The van der Waals surface area contributed by atoms with Crippen LogP contribution in [-0.4, -0.2) is 5.78 Å². The van der Waals surface area contributed by atoms with E-state index >= 15 is 0 Å². The number of ketones is 1. The molecule has 1 aliphatic rings.